The summed E-state index contributed by atoms with van der Waals surface area (Å²) in [7, 11) is 1.72. The maximum atomic E-state index is 6.11. The van der Waals surface area contributed by atoms with Gasteiger partial charge in [0.2, 0.25) is 0 Å². The van der Waals surface area contributed by atoms with E-state index in [1.165, 1.54) is 16.3 Å². The van der Waals surface area contributed by atoms with Crippen LogP contribution in [0.2, 0.25) is 0 Å². The Bertz CT molecular complexity index is 609. The molecule has 0 aliphatic carbocycles. The Morgan fingerprint density at radius 3 is 2.67 bits per heavy atom. The number of hydrogen-bond acceptors (Lipinski definition) is 4. The van der Waals surface area contributed by atoms with E-state index in [0.29, 0.717) is 6.54 Å². The van der Waals surface area contributed by atoms with E-state index < -0.39 is 0 Å². The third kappa shape index (κ3) is 2.75. The van der Waals surface area contributed by atoms with Gasteiger partial charge in [0.05, 0.1) is 26.4 Å². The second-order valence-electron chi connectivity index (χ2n) is 5.30. The largest absolute Gasteiger partial charge is 0.496 e. The van der Waals surface area contributed by atoms with Gasteiger partial charge in [-0.2, -0.15) is 0 Å². The summed E-state index contributed by atoms with van der Waals surface area (Å²) in [6.07, 6.45) is 0. The highest BCUT2D eigenvalue weighted by Crippen LogP contribution is 2.35. The molecular formula is C17H22N2O2. The van der Waals surface area contributed by atoms with Crippen molar-refractivity contribution in [3.05, 3.63) is 42.0 Å². The molecule has 1 fully saturated rings. The molecule has 0 aromatic heterocycles. The zero-order valence-corrected chi connectivity index (χ0v) is 12.4. The van der Waals surface area contributed by atoms with E-state index in [1.54, 1.807) is 7.11 Å². The fourth-order valence-corrected chi connectivity index (χ4v) is 3.14. The highest BCUT2D eigenvalue weighted by Gasteiger charge is 2.25. The summed E-state index contributed by atoms with van der Waals surface area (Å²) >= 11 is 0. The van der Waals surface area contributed by atoms with Crippen LogP contribution < -0.4 is 10.5 Å². The Kier molecular flexibility index (Phi) is 4.39. The number of nitrogens with two attached hydrogens (primary N) is 1. The summed E-state index contributed by atoms with van der Waals surface area (Å²) in [6.45, 7) is 3.93. The highest BCUT2D eigenvalue weighted by atomic mass is 16.5. The van der Waals surface area contributed by atoms with E-state index in [0.717, 1.165) is 32.1 Å². The fourth-order valence-electron chi connectivity index (χ4n) is 3.14. The van der Waals surface area contributed by atoms with Crippen LogP contribution in [0.1, 0.15) is 11.6 Å². The molecule has 0 bridgehead atoms. The minimum Gasteiger partial charge on any atom is -0.496 e. The van der Waals surface area contributed by atoms with Gasteiger partial charge in [-0.15, -0.1) is 0 Å². The van der Waals surface area contributed by atoms with Crippen LogP contribution in [0.25, 0.3) is 10.8 Å². The van der Waals surface area contributed by atoms with Gasteiger partial charge in [0.15, 0.2) is 0 Å². The SMILES string of the molecule is COc1ccc2ccccc2c1[C@@H](CN)N1CCOCC1. The van der Waals surface area contributed by atoms with Crippen LogP contribution in [0.3, 0.4) is 0 Å². The lowest BCUT2D eigenvalue weighted by Gasteiger charge is -2.35. The lowest BCUT2D eigenvalue weighted by atomic mass is 9.96. The number of ether oxygens (including phenoxy) is 2. The zero-order chi connectivity index (χ0) is 14.7. The Morgan fingerprint density at radius 2 is 1.95 bits per heavy atom. The third-order valence-electron chi connectivity index (χ3n) is 4.19. The average Bonchev–Trinajstić information content (AvgIpc) is 2.56. The lowest BCUT2D eigenvalue weighted by Crippen LogP contribution is -2.42. The number of methoxy groups -OCH3 is 1. The first-order valence-corrected chi connectivity index (χ1v) is 7.42. The van der Waals surface area contributed by atoms with E-state index in [2.05, 4.69) is 35.2 Å². The van der Waals surface area contributed by atoms with Crippen LogP contribution >= 0.6 is 0 Å². The number of fused-ring (bicyclic) bond motifs is 1. The molecule has 1 aliphatic rings. The molecule has 4 heteroatoms. The number of nitrogens with zero attached hydrogens (tertiary/aromatic N) is 1. The summed E-state index contributed by atoms with van der Waals surface area (Å²) < 4.78 is 11.1. The molecular weight excluding hydrogens is 264 g/mol. The molecule has 2 N–H and O–H groups in total. The molecule has 3 rings (SSSR count). The van der Waals surface area contributed by atoms with Gasteiger partial charge < -0.3 is 15.2 Å². The van der Waals surface area contributed by atoms with Crippen molar-refractivity contribution in [2.45, 2.75) is 6.04 Å². The molecule has 112 valence electrons. The molecule has 0 radical (unpaired) electrons. The molecule has 0 unspecified atom stereocenters. The van der Waals surface area contributed by atoms with Crippen LogP contribution in [-0.2, 0) is 4.74 Å². The lowest BCUT2D eigenvalue weighted by molar-refractivity contribution is 0.0177. The summed E-state index contributed by atoms with van der Waals surface area (Å²) in [4.78, 5) is 2.40. The molecule has 0 spiro atoms. The van der Waals surface area contributed by atoms with Crippen molar-refractivity contribution in [2.24, 2.45) is 5.73 Å². The summed E-state index contributed by atoms with van der Waals surface area (Å²) in [5.74, 6) is 0.913. The molecule has 1 saturated heterocycles. The standard InChI is InChI=1S/C17H22N2O2/c1-20-16-7-6-13-4-2-3-5-14(13)17(16)15(12-18)19-8-10-21-11-9-19/h2-7,15H,8-12,18H2,1H3/t15-/m1/s1. The summed E-state index contributed by atoms with van der Waals surface area (Å²) in [6, 6.07) is 12.7. The van der Waals surface area contributed by atoms with Crippen LogP contribution in [0.15, 0.2) is 36.4 Å². The summed E-state index contributed by atoms with van der Waals surface area (Å²) in [5, 5.41) is 2.44. The van der Waals surface area contributed by atoms with E-state index >= 15 is 0 Å². The van der Waals surface area contributed by atoms with E-state index in [1.807, 2.05) is 6.07 Å². The molecule has 1 heterocycles. The minimum atomic E-state index is 0.162. The van der Waals surface area contributed by atoms with Gasteiger partial charge in [-0.05, 0) is 16.8 Å². The topological polar surface area (TPSA) is 47.7 Å². The zero-order valence-electron chi connectivity index (χ0n) is 12.4. The Hall–Kier alpha value is -1.62. The van der Waals surface area contributed by atoms with Gasteiger partial charge in [0.25, 0.3) is 0 Å². The third-order valence-corrected chi connectivity index (χ3v) is 4.19. The molecule has 21 heavy (non-hydrogen) atoms. The second-order valence-corrected chi connectivity index (χ2v) is 5.30. The quantitative estimate of drug-likeness (QED) is 0.936. The normalized spacial score (nSPS) is 17.8. The number of rotatable bonds is 4. The van der Waals surface area contributed by atoms with Crippen LogP contribution in [0.5, 0.6) is 5.75 Å². The average molecular weight is 286 g/mol. The van der Waals surface area contributed by atoms with Crippen molar-refractivity contribution in [2.75, 3.05) is 40.0 Å². The van der Waals surface area contributed by atoms with Gasteiger partial charge >= 0.3 is 0 Å². The van der Waals surface area contributed by atoms with Crippen molar-refractivity contribution in [1.29, 1.82) is 0 Å². The number of morpholine rings is 1. The predicted octanol–water partition coefficient (Wildman–Crippen LogP) is 2.18. The number of benzene rings is 2. The Labute approximate surface area is 125 Å². The van der Waals surface area contributed by atoms with Gasteiger partial charge in [-0.25, -0.2) is 0 Å². The highest BCUT2D eigenvalue weighted by molar-refractivity contribution is 5.88. The van der Waals surface area contributed by atoms with Gasteiger partial charge in [-0.3, -0.25) is 4.90 Å². The van der Waals surface area contributed by atoms with Gasteiger partial charge in [0, 0.05) is 25.2 Å². The molecule has 0 amide bonds. The van der Waals surface area contributed by atoms with Crippen molar-refractivity contribution in [3.8, 4) is 5.75 Å². The Morgan fingerprint density at radius 1 is 1.19 bits per heavy atom. The smallest absolute Gasteiger partial charge is 0.124 e. The van der Waals surface area contributed by atoms with E-state index in [4.69, 9.17) is 15.2 Å². The van der Waals surface area contributed by atoms with Crippen LogP contribution in [0.4, 0.5) is 0 Å². The first-order valence-electron chi connectivity index (χ1n) is 7.42. The molecule has 4 nitrogen and oxygen atoms in total. The predicted molar refractivity (Wildman–Crippen MR) is 84.7 cm³/mol. The molecule has 1 aliphatic heterocycles. The van der Waals surface area contributed by atoms with Crippen molar-refractivity contribution in [1.82, 2.24) is 4.90 Å². The van der Waals surface area contributed by atoms with Gasteiger partial charge in [0.1, 0.15) is 5.75 Å². The maximum Gasteiger partial charge on any atom is 0.124 e. The van der Waals surface area contributed by atoms with Crippen LogP contribution in [0, 0.1) is 0 Å². The maximum absolute atomic E-state index is 6.11. The van der Waals surface area contributed by atoms with Crippen LogP contribution in [-0.4, -0.2) is 44.9 Å². The van der Waals surface area contributed by atoms with Crippen molar-refractivity contribution < 1.29 is 9.47 Å². The molecule has 2 aromatic carbocycles. The molecule has 1 atom stereocenters. The fraction of sp³-hybridized carbons (Fsp3) is 0.412. The first kappa shape index (κ1) is 14.3. The molecule has 2 aromatic rings. The minimum absolute atomic E-state index is 0.162. The molecule has 0 saturated carbocycles. The summed E-state index contributed by atoms with van der Waals surface area (Å²) in [5.41, 5.74) is 7.31. The van der Waals surface area contributed by atoms with E-state index in [9.17, 15) is 0 Å². The first-order chi connectivity index (χ1) is 10.3. The van der Waals surface area contributed by atoms with Gasteiger partial charge in [-0.1, -0.05) is 30.3 Å². The van der Waals surface area contributed by atoms with E-state index in [-0.39, 0.29) is 6.04 Å². The second kappa shape index (κ2) is 6.43. The number of hydrogen-bond donors (Lipinski definition) is 1. The van der Waals surface area contributed by atoms with Crippen molar-refractivity contribution in [3.63, 3.8) is 0 Å². The monoisotopic (exact) mass is 286 g/mol. The van der Waals surface area contributed by atoms with Crippen molar-refractivity contribution >= 4 is 10.8 Å². The Balaban J connectivity index is 2.10.